The fourth-order valence-electron chi connectivity index (χ4n) is 1.46. The Balaban J connectivity index is 2.87. The molecule has 14 heavy (non-hydrogen) atoms. The van der Waals surface area contributed by atoms with Crippen molar-refractivity contribution in [2.75, 3.05) is 0 Å². The molecule has 1 aromatic heterocycles. The maximum Gasteiger partial charge on any atom is 0.160 e. The lowest BCUT2D eigenvalue weighted by molar-refractivity contribution is 0.101. The summed E-state index contributed by atoms with van der Waals surface area (Å²) < 4.78 is 0. The quantitative estimate of drug-likeness (QED) is 0.670. The second-order valence-electron chi connectivity index (χ2n) is 3.11. The van der Waals surface area contributed by atoms with Gasteiger partial charge in [0, 0.05) is 28.4 Å². The smallest absolute Gasteiger partial charge is 0.160 e. The van der Waals surface area contributed by atoms with Crippen LogP contribution >= 0.6 is 11.6 Å². The van der Waals surface area contributed by atoms with E-state index in [0.717, 1.165) is 10.8 Å². The molecule has 1 aromatic carbocycles. The fourth-order valence-corrected chi connectivity index (χ4v) is 1.69. The van der Waals surface area contributed by atoms with Crippen molar-refractivity contribution in [1.29, 1.82) is 0 Å². The number of carbonyl (C=O) groups is 1. The van der Waals surface area contributed by atoms with Crippen LogP contribution in [-0.4, -0.2) is 10.8 Å². The summed E-state index contributed by atoms with van der Waals surface area (Å²) >= 11 is 5.89. The molecule has 0 fully saturated rings. The van der Waals surface area contributed by atoms with Gasteiger partial charge in [0.15, 0.2) is 5.78 Å². The van der Waals surface area contributed by atoms with Crippen molar-refractivity contribution >= 4 is 28.2 Å². The summed E-state index contributed by atoms with van der Waals surface area (Å²) in [5.41, 5.74) is 0.648. The van der Waals surface area contributed by atoms with Crippen LogP contribution in [-0.2, 0) is 0 Å². The molecule has 0 spiro atoms. The third-order valence-corrected chi connectivity index (χ3v) is 2.32. The molecule has 2 nitrogen and oxygen atoms in total. The number of halogens is 1. The van der Waals surface area contributed by atoms with Crippen molar-refractivity contribution in [3.8, 4) is 0 Å². The summed E-state index contributed by atoms with van der Waals surface area (Å²) in [5, 5.41) is 2.36. The highest BCUT2D eigenvalue weighted by atomic mass is 35.5. The lowest BCUT2D eigenvalue weighted by atomic mass is 10.0. The molecule has 2 aromatic rings. The van der Waals surface area contributed by atoms with Crippen molar-refractivity contribution in [1.82, 2.24) is 4.98 Å². The van der Waals surface area contributed by atoms with Crippen LogP contribution in [0.1, 0.15) is 17.3 Å². The minimum absolute atomic E-state index is 0.0173. The molecule has 2 rings (SSSR count). The molecule has 3 heteroatoms. The van der Waals surface area contributed by atoms with Crippen molar-refractivity contribution < 1.29 is 4.79 Å². The Bertz CT molecular complexity index is 508. The third kappa shape index (κ3) is 1.49. The van der Waals surface area contributed by atoms with Crippen molar-refractivity contribution in [3.63, 3.8) is 0 Å². The van der Waals surface area contributed by atoms with E-state index in [9.17, 15) is 4.79 Å². The molecule has 0 aliphatic carbocycles. The first kappa shape index (κ1) is 9.16. The number of fused-ring (bicyclic) bond motifs is 1. The SMILES string of the molecule is CC(=O)c1cc(Cl)cc2cnccc12. The van der Waals surface area contributed by atoms with Crippen LogP contribution in [0.4, 0.5) is 0 Å². The molecule has 0 saturated carbocycles. The van der Waals surface area contributed by atoms with Gasteiger partial charge >= 0.3 is 0 Å². The van der Waals surface area contributed by atoms with Gasteiger partial charge in [-0.15, -0.1) is 0 Å². The standard InChI is InChI=1S/C11H8ClNO/c1-7(14)11-5-9(12)4-8-6-13-3-2-10(8)11/h2-6H,1H3. The second kappa shape index (κ2) is 3.39. The molecule has 0 aliphatic rings. The van der Waals surface area contributed by atoms with Crippen molar-refractivity contribution in [3.05, 3.63) is 41.2 Å². The highest BCUT2D eigenvalue weighted by Gasteiger charge is 2.06. The van der Waals surface area contributed by atoms with E-state index in [4.69, 9.17) is 11.6 Å². The summed E-state index contributed by atoms with van der Waals surface area (Å²) in [7, 11) is 0. The molecule has 0 amide bonds. The highest BCUT2D eigenvalue weighted by Crippen LogP contribution is 2.23. The minimum atomic E-state index is 0.0173. The minimum Gasteiger partial charge on any atom is -0.294 e. The van der Waals surface area contributed by atoms with Crippen molar-refractivity contribution in [2.24, 2.45) is 0 Å². The predicted molar refractivity (Wildman–Crippen MR) is 56.8 cm³/mol. The molecule has 0 saturated heterocycles. The van der Waals surface area contributed by atoms with E-state index in [1.54, 1.807) is 24.5 Å². The molecule has 0 N–H and O–H groups in total. The van der Waals surface area contributed by atoms with Gasteiger partial charge in [0.1, 0.15) is 0 Å². The van der Waals surface area contributed by atoms with E-state index in [0.29, 0.717) is 10.6 Å². The van der Waals surface area contributed by atoms with E-state index in [-0.39, 0.29) is 5.78 Å². The predicted octanol–water partition coefficient (Wildman–Crippen LogP) is 3.09. The van der Waals surface area contributed by atoms with E-state index in [2.05, 4.69) is 4.98 Å². The molecule has 0 aliphatic heterocycles. The summed E-state index contributed by atoms with van der Waals surface area (Å²) in [6.07, 6.45) is 3.37. The van der Waals surface area contributed by atoms with Gasteiger partial charge in [0.05, 0.1) is 0 Å². The molecular formula is C11H8ClNO. The number of benzene rings is 1. The van der Waals surface area contributed by atoms with Gasteiger partial charge < -0.3 is 0 Å². The van der Waals surface area contributed by atoms with E-state index >= 15 is 0 Å². The van der Waals surface area contributed by atoms with Crippen LogP contribution in [0.3, 0.4) is 0 Å². The van der Waals surface area contributed by atoms with E-state index in [1.807, 2.05) is 6.07 Å². The van der Waals surface area contributed by atoms with Crippen molar-refractivity contribution in [2.45, 2.75) is 6.92 Å². The van der Waals surface area contributed by atoms with Gasteiger partial charge in [-0.3, -0.25) is 9.78 Å². The van der Waals surface area contributed by atoms with Crippen LogP contribution in [0.25, 0.3) is 10.8 Å². The van der Waals surface area contributed by atoms with Crippen LogP contribution < -0.4 is 0 Å². The largest absolute Gasteiger partial charge is 0.294 e. The lowest BCUT2D eigenvalue weighted by Crippen LogP contribution is -1.93. The topological polar surface area (TPSA) is 30.0 Å². The van der Waals surface area contributed by atoms with Crippen LogP contribution in [0.5, 0.6) is 0 Å². The Kier molecular flexibility index (Phi) is 2.22. The van der Waals surface area contributed by atoms with Gasteiger partial charge in [-0.2, -0.15) is 0 Å². The number of carbonyl (C=O) groups excluding carboxylic acids is 1. The summed E-state index contributed by atoms with van der Waals surface area (Å²) in [5.74, 6) is 0.0173. The fraction of sp³-hybridized carbons (Fsp3) is 0.0909. The first-order valence-corrected chi connectivity index (χ1v) is 4.60. The molecule has 0 bridgehead atoms. The van der Waals surface area contributed by atoms with Gasteiger partial charge in [0.2, 0.25) is 0 Å². The monoisotopic (exact) mass is 205 g/mol. The average molecular weight is 206 g/mol. The van der Waals surface area contributed by atoms with Gasteiger partial charge in [-0.05, 0) is 30.5 Å². The number of nitrogens with zero attached hydrogens (tertiary/aromatic N) is 1. The van der Waals surface area contributed by atoms with Crippen LogP contribution in [0.15, 0.2) is 30.6 Å². The summed E-state index contributed by atoms with van der Waals surface area (Å²) in [4.78, 5) is 15.3. The van der Waals surface area contributed by atoms with Gasteiger partial charge in [-0.25, -0.2) is 0 Å². The Morgan fingerprint density at radius 3 is 2.93 bits per heavy atom. The Hall–Kier alpha value is -1.41. The number of hydrogen-bond acceptors (Lipinski definition) is 2. The zero-order valence-corrected chi connectivity index (χ0v) is 8.38. The number of ketones is 1. The van der Waals surface area contributed by atoms with E-state index < -0.39 is 0 Å². The number of rotatable bonds is 1. The lowest BCUT2D eigenvalue weighted by Gasteiger charge is -2.03. The number of pyridine rings is 1. The molecular weight excluding hydrogens is 198 g/mol. The Morgan fingerprint density at radius 1 is 1.43 bits per heavy atom. The maximum atomic E-state index is 11.3. The number of Topliss-reactive ketones (excluding diaryl/α,β-unsaturated/α-hetero) is 1. The molecule has 70 valence electrons. The molecule has 1 heterocycles. The first-order chi connectivity index (χ1) is 6.68. The highest BCUT2D eigenvalue weighted by molar-refractivity contribution is 6.32. The normalized spacial score (nSPS) is 10.4. The molecule has 0 unspecified atom stereocenters. The van der Waals surface area contributed by atoms with Crippen LogP contribution in [0, 0.1) is 0 Å². The average Bonchev–Trinajstić information content (AvgIpc) is 2.16. The summed E-state index contributed by atoms with van der Waals surface area (Å²) in [6.45, 7) is 1.53. The number of aromatic nitrogens is 1. The summed E-state index contributed by atoms with van der Waals surface area (Å²) in [6, 6.07) is 5.31. The van der Waals surface area contributed by atoms with Gasteiger partial charge in [0.25, 0.3) is 0 Å². The second-order valence-corrected chi connectivity index (χ2v) is 3.54. The van der Waals surface area contributed by atoms with Gasteiger partial charge in [-0.1, -0.05) is 11.6 Å². The Morgan fingerprint density at radius 2 is 2.21 bits per heavy atom. The van der Waals surface area contributed by atoms with E-state index in [1.165, 1.54) is 6.92 Å². The first-order valence-electron chi connectivity index (χ1n) is 4.22. The zero-order valence-electron chi connectivity index (χ0n) is 7.62. The molecule has 0 radical (unpaired) electrons. The molecule has 0 atom stereocenters. The maximum absolute atomic E-state index is 11.3. The van der Waals surface area contributed by atoms with Crippen LogP contribution in [0.2, 0.25) is 5.02 Å². The zero-order chi connectivity index (χ0) is 10.1. The Labute approximate surface area is 86.5 Å². The number of hydrogen-bond donors (Lipinski definition) is 0. The third-order valence-electron chi connectivity index (χ3n) is 2.10.